The van der Waals surface area contributed by atoms with E-state index < -0.39 is 15.3 Å². The lowest BCUT2D eigenvalue weighted by atomic mass is 10.4. The van der Waals surface area contributed by atoms with Crippen molar-refractivity contribution in [3.05, 3.63) is 0 Å². The zero-order valence-electron chi connectivity index (χ0n) is 18.8. The van der Waals surface area contributed by atoms with Gasteiger partial charge < -0.3 is 4.98 Å². The fourth-order valence-corrected chi connectivity index (χ4v) is 26.7. The van der Waals surface area contributed by atoms with Crippen molar-refractivity contribution in [3.63, 3.8) is 0 Å². The van der Waals surface area contributed by atoms with Crippen molar-refractivity contribution in [1.82, 2.24) is 4.98 Å². The second kappa shape index (κ2) is 15.5. The highest BCUT2D eigenvalue weighted by atomic mass is 29.3. The summed E-state index contributed by atoms with van der Waals surface area (Å²) in [5, 5.41) is 0. The van der Waals surface area contributed by atoms with Crippen molar-refractivity contribution in [1.29, 1.82) is 0 Å². The van der Waals surface area contributed by atoms with Crippen LogP contribution in [0.2, 0.25) is 30.2 Å². The highest BCUT2D eigenvalue weighted by Crippen LogP contribution is 2.40. The molecule has 0 aromatic carbocycles. The Morgan fingerprint density at radius 2 is 0.920 bits per heavy atom. The summed E-state index contributed by atoms with van der Waals surface area (Å²) in [6, 6.07) is 8.05. The fraction of sp³-hybridized carbons (Fsp3) is 1.00. The Balaban J connectivity index is 5.87. The Bertz CT molecular complexity index is 264. The third-order valence-corrected chi connectivity index (χ3v) is 26.2. The van der Waals surface area contributed by atoms with E-state index in [-0.39, 0.29) is 0 Å². The first-order chi connectivity index (χ1) is 12.1. The minimum atomic E-state index is -1.34. The summed E-state index contributed by atoms with van der Waals surface area (Å²) in [5.74, 6) is 0. The molecule has 0 spiro atoms. The molecule has 1 nitrogen and oxygen atoms in total. The molecule has 0 radical (unpaired) electrons. The minimum absolute atomic E-state index is 1.20. The van der Waals surface area contributed by atoms with Crippen LogP contribution in [0, 0.1) is 0 Å². The van der Waals surface area contributed by atoms with Crippen molar-refractivity contribution < 1.29 is 0 Å². The fourth-order valence-electron chi connectivity index (χ4n) is 4.94. The molecule has 0 fully saturated rings. The number of unbranched alkanes of at least 4 members (excludes halogenated alkanes) is 4. The molecule has 0 bridgehead atoms. The van der Waals surface area contributed by atoms with E-state index in [1.165, 1.54) is 70.8 Å². The minimum Gasteiger partial charge on any atom is -0.339 e. The van der Waals surface area contributed by atoms with E-state index in [1.54, 1.807) is 30.2 Å². The molecular formula is C22H51NSi2. The first kappa shape index (κ1) is 25.4. The smallest absolute Gasteiger partial charge is 0.115 e. The Labute approximate surface area is 163 Å². The molecule has 0 aliphatic rings. The van der Waals surface area contributed by atoms with Gasteiger partial charge in [-0.2, -0.15) is 0 Å². The highest BCUT2D eigenvalue weighted by molar-refractivity contribution is 7.41. The van der Waals surface area contributed by atoms with Gasteiger partial charge in [0.05, 0.1) is 7.59 Å². The third-order valence-electron chi connectivity index (χ3n) is 6.39. The Morgan fingerprint density at radius 1 is 0.480 bits per heavy atom. The van der Waals surface area contributed by atoms with Crippen molar-refractivity contribution in [2.45, 2.75) is 136 Å². The van der Waals surface area contributed by atoms with Gasteiger partial charge in [-0.1, -0.05) is 117 Å². The number of hydrogen-bond acceptors (Lipinski definition) is 1. The lowest BCUT2D eigenvalue weighted by Crippen LogP contribution is -2.71. The second-order valence-corrected chi connectivity index (χ2v) is 22.1. The average Bonchev–Trinajstić information content (AvgIpc) is 2.63. The molecule has 0 aliphatic carbocycles. The molecule has 0 unspecified atom stereocenters. The summed E-state index contributed by atoms with van der Waals surface area (Å²) in [6.07, 6.45) is 14.2. The molecule has 25 heavy (non-hydrogen) atoms. The predicted octanol–water partition coefficient (Wildman–Crippen LogP) is 8.07. The molecule has 152 valence electrons. The largest absolute Gasteiger partial charge is 0.339 e. The van der Waals surface area contributed by atoms with E-state index >= 15 is 0 Å². The summed E-state index contributed by atoms with van der Waals surface area (Å²) in [7, 11) is -2.55. The maximum atomic E-state index is 4.40. The average molecular weight is 386 g/mol. The number of nitrogens with one attached hydrogen (secondary N) is 1. The van der Waals surface area contributed by atoms with Crippen molar-refractivity contribution in [2.75, 3.05) is 6.54 Å². The second-order valence-electron chi connectivity index (χ2n) is 8.45. The van der Waals surface area contributed by atoms with Gasteiger partial charge in [0.15, 0.2) is 0 Å². The summed E-state index contributed by atoms with van der Waals surface area (Å²) in [4.78, 5) is 4.40. The number of rotatable bonds is 18. The van der Waals surface area contributed by atoms with Gasteiger partial charge in [0.2, 0.25) is 0 Å². The van der Waals surface area contributed by atoms with Crippen LogP contribution in [-0.2, 0) is 0 Å². The maximum Gasteiger partial charge on any atom is 0.115 e. The Kier molecular flexibility index (Phi) is 15.7. The topological polar surface area (TPSA) is 12.0 Å². The van der Waals surface area contributed by atoms with Gasteiger partial charge in [-0.3, -0.25) is 0 Å². The zero-order chi connectivity index (χ0) is 19.0. The molecular weight excluding hydrogens is 334 g/mol. The Hall–Kier alpha value is 0.394. The van der Waals surface area contributed by atoms with Gasteiger partial charge in [0.1, 0.15) is 7.75 Å². The summed E-state index contributed by atoms with van der Waals surface area (Å²) >= 11 is 0. The Morgan fingerprint density at radius 3 is 1.28 bits per heavy atom. The first-order valence-corrected chi connectivity index (χ1v) is 17.9. The molecule has 0 amide bonds. The van der Waals surface area contributed by atoms with Crippen LogP contribution >= 0.6 is 0 Å². The molecule has 0 saturated heterocycles. The molecule has 0 aromatic heterocycles. The lowest BCUT2D eigenvalue weighted by molar-refractivity contribution is 0.761. The molecule has 0 atom stereocenters. The number of hydrogen-bond donors (Lipinski definition) is 1. The molecule has 0 aliphatic heterocycles. The highest BCUT2D eigenvalue weighted by Gasteiger charge is 2.51. The van der Waals surface area contributed by atoms with Crippen LogP contribution in [0.25, 0.3) is 0 Å². The predicted molar refractivity (Wildman–Crippen MR) is 124 cm³/mol. The van der Waals surface area contributed by atoms with Crippen LogP contribution in [0.4, 0.5) is 0 Å². The van der Waals surface area contributed by atoms with Crippen molar-refractivity contribution in [3.8, 4) is 0 Å². The third kappa shape index (κ3) is 8.30. The van der Waals surface area contributed by atoms with Gasteiger partial charge in [0, 0.05) is 0 Å². The van der Waals surface area contributed by atoms with Gasteiger partial charge in [-0.25, -0.2) is 0 Å². The van der Waals surface area contributed by atoms with Crippen LogP contribution in [0.15, 0.2) is 0 Å². The van der Waals surface area contributed by atoms with Crippen LogP contribution in [-0.4, -0.2) is 21.9 Å². The van der Waals surface area contributed by atoms with Crippen LogP contribution in [0.5, 0.6) is 0 Å². The van der Waals surface area contributed by atoms with Crippen LogP contribution < -0.4 is 4.98 Å². The van der Waals surface area contributed by atoms with Crippen molar-refractivity contribution >= 4 is 15.3 Å². The van der Waals surface area contributed by atoms with Crippen molar-refractivity contribution in [2.24, 2.45) is 0 Å². The monoisotopic (exact) mass is 385 g/mol. The standard InChI is InChI=1S/C22H51NSi2/c1-7-13-19-24(18-12-6,20-14-8-2)25(21-15-9-3,22-16-10-4)23-17-11-5/h23H,7-22H2,1-6H3. The normalized spacial score (nSPS) is 12.7. The van der Waals surface area contributed by atoms with Crippen LogP contribution in [0.3, 0.4) is 0 Å². The van der Waals surface area contributed by atoms with Crippen LogP contribution in [0.1, 0.15) is 106 Å². The van der Waals surface area contributed by atoms with E-state index in [4.69, 9.17) is 0 Å². The molecule has 0 aromatic rings. The quantitative estimate of drug-likeness (QED) is 0.235. The van der Waals surface area contributed by atoms with Gasteiger partial charge in [-0.05, 0) is 25.1 Å². The van der Waals surface area contributed by atoms with E-state index in [1.807, 2.05) is 0 Å². The molecule has 0 rings (SSSR count). The SMILES string of the molecule is CCCC[Si](CCC)(CCCC)[Si](CCCC)(CCCC)NCCC. The molecule has 0 heterocycles. The van der Waals surface area contributed by atoms with Gasteiger partial charge >= 0.3 is 0 Å². The first-order valence-electron chi connectivity index (χ1n) is 11.9. The van der Waals surface area contributed by atoms with Gasteiger partial charge in [-0.15, -0.1) is 0 Å². The van der Waals surface area contributed by atoms with E-state index in [0.717, 1.165) is 0 Å². The molecule has 0 saturated carbocycles. The maximum absolute atomic E-state index is 4.40. The summed E-state index contributed by atoms with van der Waals surface area (Å²) in [6.45, 7) is 15.7. The van der Waals surface area contributed by atoms with E-state index in [9.17, 15) is 0 Å². The lowest BCUT2D eigenvalue weighted by Gasteiger charge is -2.50. The zero-order valence-corrected chi connectivity index (χ0v) is 20.8. The van der Waals surface area contributed by atoms with E-state index in [2.05, 4.69) is 46.5 Å². The van der Waals surface area contributed by atoms with E-state index in [0.29, 0.717) is 0 Å². The summed E-state index contributed by atoms with van der Waals surface area (Å²) < 4.78 is 0. The summed E-state index contributed by atoms with van der Waals surface area (Å²) in [5.41, 5.74) is 0. The molecule has 3 heteroatoms. The van der Waals surface area contributed by atoms with Gasteiger partial charge in [0.25, 0.3) is 0 Å². The molecule has 1 N–H and O–H groups in total.